The molecule has 0 aromatic heterocycles. The number of rotatable bonds is 3. The van der Waals surface area contributed by atoms with Gasteiger partial charge in [0.1, 0.15) is 5.75 Å². The summed E-state index contributed by atoms with van der Waals surface area (Å²) < 4.78 is 5.38. The zero-order valence-corrected chi connectivity index (χ0v) is 8.42. The first kappa shape index (κ1) is 9.15. The summed E-state index contributed by atoms with van der Waals surface area (Å²) >= 11 is 0. The molecule has 0 radical (unpaired) electrons. The predicted molar refractivity (Wildman–Crippen MR) is 57.4 cm³/mol. The molecule has 0 N–H and O–H groups in total. The molecule has 1 nitrogen and oxygen atoms in total. The Kier molecular flexibility index (Phi) is 2.21. The molecule has 1 aromatic carbocycles. The van der Waals surface area contributed by atoms with Gasteiger partial charge in [0, 0.05) is 0 Å². The minimum atomic E-state index is 0.0464. The number of ether oxygens (including phenoxy) is 1. The molecule has 2 rings (SSSR count). The maximum absolute atomic E-state index is 5.52. The van der Waals surface area contributed by atoms with E-state index in [0.717, 1.165) is 18.6 Å². The van der Waals surface area contributed by atoms with Gasteiger partial charge in [-0.05, 0) is 37.5 Å². The van der Waals surface area contributed by atoms with Crippen LogP contribution in [0.5, 0.6) is 5.75 Å². The van der Waals surface area contributed by atoms with Crippen molar-refractivity contribution in [3.05, 3.63) is 29.8 Å². The van der Waals surface area contributed by atoms with Crippen LogP contribution in [0.15, 0.2) is 24.3 Å². The molecule has 1 fully saturated rings. The van der Waals surface area contributed by atoms with Crippen LogP contribution in [0, 0.1) is 12.3 Å². The minimum Gasteiger partial charge on any atom is -0.494 e. The topological polar surface area (TPSA) is 9.23 Å². The van der Waals surface area contributed by atoms with E-state index in [9.17, 15) is 0 Å². The van der Waals surface area contributed by atoms with Crippen LogP contribution >= 0.6 is 0 Å². The smallest absolute Gasteiger partial charge is 0.119 e. The summed E-state index contributed by atoms with van der Waals surface area (Å²) in [5.41, 5.74) is 1.30. The van der Waals surface area contributed by atoms with E-state index in [-0.39, 0.29) is 5.41 Å². The summed E-state index contributed by atoms with van der Waals surface area (Å²) in [6.07, 6.45) is 7.76. The van der Waals surface area contributed by atoms with E-state index >= 15 is 0 Å². The van der Waals surface area contributed by atoms with Gasteiger partial charge in [-0.1, -0.05) is 18.1 Å². The lowest BCUT2D eigenvalue weighted by Gasteiger charge is -2.09. The van der Waals surface area contributed by atoms with Crippen molar-refractivity contribution in [1.29, 1.82) is 0 Å². The van der Waals surface area contributed by atoms with E-state index in [1.165, 1.54) is 5.56 Å². The fraction of sp³-hybridized carbons (Fsp3) is 0.385. The van der Waals surface area contributed by atoms with Crippen molar-refractivity contribution in [3.8, 4) is 18.1 Å². The third-order valence-corrected chi connectivity index (χ3v) is 2.74. The molecule has 1 saturated carbocycles. The molecular weight excluding hydrogens is 172 g/mol. The first-order chi connectivity index (χ1) is 6.80. The standard InChI is InChI=1S/C13H14O/c1-3-13(9-10-13)11-5-7-12(8-6-11)14-4-2/h1,5-8H,4,9-10H2,2H3. The SMILES string of the molecule is C#CC1(c2ccc(OCC)cc2)CC1. The lowest BCUT2D eigenvalue weighted by atomic mass is 9.97. The highest BCUT2D eigenvalue weighted by molar-refractivity contribution is 5.42. The molecule has 1 aromatic rings. The van der Waals surface area contributed by atoms with E-state index in [1.54, 1.807) is 0 Å². The van der Waals surface area contributed by atoms with Crippen LogP contribution in [-0.2, 0) is 5.41 Å². The molecule has 0 atom stereocenters. The van der Waals surface area contributed by atoms with E-state index in [4.69, 9.17) is 11.2 Å². The van der Waals surface area contributed by atoms with Gasteiger partial charge in [-0.2, -0.15) is 0 Å². The fourth-order valence-electron chi connectivity index (χ4n) is 1.68. The lowest BCUT2D eigenvalue weighted by Crippen LogP contribution is -2.02. The highest BCUT2D eigenvalue weighted by atomic mass is 16.5. The molecule has 72 valence electrons. The van der Waals surface area contributed by atoms with Crippen molar-refractivity contribution in [3.63, 3.8) is 0 Å². The first-order valence-corrected chi connectivity index (χ1v) is 5.02. The second kappa shape index (κ2) is 3.38. The second-order valence-electron chi connectivity index (χ2n) is 3.68. The Labute approximate surface area is 85.1 Å². The Morgan fingerprint density at radius 2 is 2.00 bits per heavy atom. The van der Waals surface area contributed by atoms with Gasteiger partial charge in [0.2, 0.25) is 0 Å². The van der Waals surface area contributed by atoms with Gasteiger partial charge in [-0.15, -0.1) is 6.42 Å². The molecule has 0 heterocycles. The molecule has 1 aliphatic rings. The Hall–Kier alpha value is -1.42. The van der Waals surface area contributed by atoms with Crippen molar-refractivity contribution in [2.75, 3.05) is 6.61 Å². The Morgan fingerprint density at radius 1 is 1.36 bits per heavy atom. The maximum atomic E-state index is 5.52. The normalized spacial score (nSPS) is 17.1. The van der Waals surface area contributed by atoms with Crippen molar-refractivity contribution >= 4 is 0 Å². The fourth-order valence-corrected chi connectivity index (χ4v) is 1.68. The van der Waals surface area contributed by atoms with Crippen molar-refractivity contribution in [2.45, 2.75) is 25.2 Å². The number of hydrogen-bond donors (Lipinski definition) is 0. The van der Waals surface area contributed by atoms with Gasteiger partial charge in [-0.3, -0.25) is 0 Å². The van der Waals surface area contributed by atoms with E-state index in [1.807, 2.05) is 19.1 Å². The number of hydrogen-bond acceptors (Lipinski definition) is 1. The van der Waals surface area contributed by atoms with Gasteiger partial charge in [0.15, 0.2) is 0 Å². The average molecular weight is 186 g/mol. The summed E-state index contributed by atoms with van der Waals surface area (Å²) in [6, 6.07) is 8.15. The largest absolute Gasteiger partial charge is 0.494 e. The van der Waals surface area contributed by atoms with Crippen LogP contribution in [0.25, 0.3) is 0 Å². The molecule has 0 bridgehead atoms. The zero-order chi connectivity index (χ0) is 10.0. The Balaban J connectivity index is 2.19. The molecule has 0 unspecified atom stereocenters. The van der Waals surface area contributed by atoms with Crippen LogP contribution in [0.1, 0.15) is 25.3 Å². The molecule has 0 spiro atoms. The van der Waals surface area contributed by atoms with E-state index in [2.05, 4.69) is 18.1 Å². The molecule has 0 amide bonds. The first-order valence-electron chi connectivity index (χ1n) is 5.02. The van der Waals surface area contributed by atoms with Crippen molar-refractivity contribution in [1.82, 2.24) is 0 Å². The van der Waals surface area contributed by atoms with E-state index in [0.29, 0.717) is 6.61 Å². The lowest BCUT2D eigenvalue weighted by molar-refractivity contribution is 0.340. The average Bonchev–Trinajstić information content (AvgIpc) is 3.00. The molecule has 0 saturated heterocycles. The van der Waals surface area contributed by atoms with Crippen molar-refractivity contribution in [2.24, 2.45) is 0 Å². The highest BCUT2D eigenvalue weighted by Crippen LogP contribution is 2.47. The summed E-state index contributed by atoms with van der Waals surface area (Å²) in [5.74, 6) is 3.80. The van der Waals surface area contributed by atoms with Crippen LogP contribution in [-0.4, -0.2) is 6.61 Å². The summed E-state index contributed by atoms with van der Waals surface area (Å²) in [7, 11) is 0. The number of benzene rings is 1. The second-order valence-corrected chi connectivity index (χ2v) is 3.68. The van der Waals surface area contributed by atoms with Gasteiger partial charge in [0.05, 0.1) is 12.0 Å². The number of terminal acetylenes is 1. The highest BCUT2D eigenvalue weighted by Gasteiger charge is 2.42. The van der Waals surface area contributed by atoms with Gasteiger partial charge >= 0.3 is 0 Å². The van der Waals surface area contributed by atoms with Crippen LogP contribution < -0.4 is 4.74 Å². The van der Waals surface area contributed by atoms with Gasteiger partial charge < -0.3 is 4.74 Å². The zero-order valence-electron chi connectivity index (χ0n) is 8.42. The van der Waals surface area contributed by atoms with Crippen LogP contribution in [0.2, 0.25) is 0 Å². The molecule has 1 heteroatoms. The molecule has 0 aliphatic heterocycles. The van der Waals surface area contributed by atoms with Gasteiger partial charge in [0.25, 0.3) is 0 Å². The Bertz CT molecular complexity index is 352. The molecular formula is C13H14O. The van der Waals surface area contributed by atoms with Gasteiger partial charge in [-0.25, -0.2) is 0 Å². The monoisotopic (exact) mass is 186 g/mol. The summed E-state index contributed by atoms with van der Waals surface area (Å²) in [6.45, 7) is 2.69. The quantitative estimate of drug-likeness (QED) is 0.659. The van der Waals surface area contributed by atoms with Crippen LogP contribution in [0.4, 0.5) is 0 Å². The maximum Gasteiger partial charge on any atom is 0.119 e. The van der Waals surface area contributed by atoms with Crippen LogP contribution in [0.3, 0.4) is 0 Å². The minimum absolute atomic E-state index is 0.0464. The third-order valence-electron chi connectivity index (χ3n) is 2.74. The summed E-state index contributed by atoms with van der Waals surface area (Å²) in [5, 5.41) is 0. The summed E-state index contributed by atoms with van der Waals surface area (Å²) in [4.78, 5) is 0. The Morgan fingerprint density at radius 3 is 2.43 bits per heavy atom. The third kappa shape index (κ3) is 1.48. The predicted octanol–water partition coefficient (Wildman–Crippen LogP) is 2.75. The van der Waals surface area contributed by atoms with E-state index < -0.39 is 0 Å². The molecule has 1 aliphatic carbocycles. The molecule has 14 heavy (non-hydrogen) atoms. The van der Waals surface area contributed by atoms with Crippen molar-refractivity contribution < 1.29 is 4.74 Å².